The van der Waals surface area contributed by atoms with E-state index in [9.17, 15) is 4.79 Å². The van der Waals surface area contributed by atoms with Crippen molar-refractivity contribution in [2.24, 2.45) is 5.73 Å². The molecule has 1 amide bonds. The van der Waals surface area contributed by atoms with E-state index in [4.69, 9.17) is 5.73 Å². The Morgan fingerprint density at radius 3 is 2.70 bits per heavy atom. The van der Waals surface area contributed by atoms with E-state index in [1.165, 1.54) is 0 Å². The molecule has 1 aliphatic heterocycles. The minimum atomic E-state index is -0.204. The van der Waals surface area contributed by atoms with Crippen molar-refractivity contribution in [3.8, 4) is 0 Å². The van der Waals surface area contributed by atoms with Crippen molar-refractivity contribution in [3.05, 3.63) is 0 Å². The number of nitrogens with one attached hydrogen (secondary N) is 1. The second-order valence-corrected chi connectivity index (χ2v) is 3.69. The van der Waals surface area contributed by atoms with Gasteiger partial charge in [0.05, 0.1) is 0 Å². The lowest BCUT2D eigenvalue weighted by atomic mass is 10.0. The lowest BCUT2D eigenvalue weighted by molar-refractivity contribution is -0.121. The van der Waals surface area contributed by atoms with Crippen LogP contribution in [0.1, 0.15) is 6.42 Å². The van der Waals surface area contributed by atoms with Gasteiger partial charge in [0.25, 0.3) is 0 Å². The number of hydrogen-bond acceptors (Lipinski definition) is 3. The normalized spacial score (nSPS) is 21.4. The molecule has 1 aliphatic rings. The molecule has 10 heavy (non-hydrogen) atoms. The van der Waals surface area contributed by atoms with Gasteiger partial charge in [0, 0.05) is 30.5 Å². The van der Waals surface area contributed by atoms with E-state index in [-0.39, 0.29) is 11.4 Å². The molecule has 3 nitrogen and oxygen atoms in total. The van der Waals surface area contributed by atoms with Crippen LogP contribution in [-0.4, -0.2) is 30.0 Å². The van der Waals surface area contributed by atoms with Gasteiger partial charge in [0.2, 0.25) is 5.91 Å². The van der Waals surface area contributed by atoms with Crippen molar-refractivity contribution >= 4 is 17.7 Å². The smallest absolute Gasteiger partial charge is 0.221 e. The summed E-state index contributed by atoms with van der Waals surface area (Å²) in [5.74, 6) is 1.88. The zero-order chi connectivity index (χ0) is 7.61. The lowest BCUT2D eigenvalue weighted by Gasteiger charge is -2.36. The van der Waals surface area contributed by atoms with E-state index in [1.54, 1.807) is 18.8 Å². The molecule has 1 heterocycles. The van der Waals surface area contributed by atoms with Gasteiger partial charge in [0.15, 0.2) is 0 Å². The summed E-state index contributed by atoms with van der Waals surface area (Å²) in [5, 5.41) is 2.56. The van der Waals surface area contributed by atoms with Gasteiger partial charge in [-0.3, -0.25) is 4.79 Å². The second kappa shape index (κ2) is 2.80. The highest BCUT2D eigenvalue weighted by atomic mass is 32.2. The molecule has 0 atom stereocenters. The molecule has 0 aromatic rings. The van der Waals surface area contributed by atoms with Crippen molar-refractivity contribution in [3.63, 3.8) is 0 Å². The van der Waals surface area contributed by atoms with Crippen LogP contribution in [0.25, 0.3) is 0 Å². The SMILES string of the molecule is CNC(=O)CC1(N)CSC1. The van der Waals surface area contributed by atoms with Crippen LogP contribution < -0.4 is 11.1 Å². The Morgan fingerprint density at radius 2 is 2.40 bits per heavy atom. The first-order valence-electron chi connectivity index (χ1n) is 3.23. The molecule has 3 N–H and O–H groups in total. The predicted octanol–water partition coefficient (Wildman–Crippen LogP) is -0.433. The molecule has 0 saturated carbocycles. The average molecular weight is 160 g/mol. The van der Waals surface area contributed by atoms with Gasteiger partial charge in [-0.15, -0.1) is 0 Å². The average Bonchev–Trinajstić information content (AvgIpc) is 1.84. The van der Waals surface area contributed by atoms with Crippen LogP contribution in [0.2, 0.25) is 0 Å². The molecule has 1 fully saturated rings. The largest absolute Gasteiger partial charge is 0.359 e. The minimum Gasteiger partial charge on any atom is -0.359 e. The Labute approximate surface area is 64.7 Å². The maximum atomic E-state index is 10.8. The van der Waals surface area contributed by atoms with Gasteiger partial charge in [-0.1, -0.05) is 0 Å². The van der Waals surface area contributed by atoms with Crippen molar-refractivity contribution in [1.29, 1.82) is 0 Å². The number of rotatable bonds is 2. The fourth-order valence-corrected chi connectivity index (χ4v) is 1.81. The van der Waals surface area contributed by atoms with Gasteiger partial charge < -0.3 is 11.1 Å². The fourth-order valence-electron chi connectivity index (χ4n) is 0.874. The van der Waals surface area contributed by atoms with Crippen LogP contribution in [-0.2, 0) is 4.79 Å². The Kier molecular flexibility index (Phi) is 2.21. The third-order valence-electron chi connectivity index (χ3n) is 1.57. The Balaban J connectivity index is 2.29. The molecule has 1 rings (SSSR count). The summed E-state index contributed by atoms with van der Waals surface area (Å²) in [4.78, 5) is 10.8. The quantitative estimate of drug-likeness (QED) is 0.576. The van der Waals surface area contributed by atoms with Crippen LogP contribution in [0.15, 0.2) is 0 Å². The second-order valence-electron chi connectivity index (χ2n) is 2.71. The topological polar surface area (TPSA) is 55.1 Å². The van der Waals surface area contributed by atoms with E-state index in [1.807, 2.05) is 0 Å². The number of carbonyl (C=O) groups is 1. The standard InChI is InChI=1S/C6H12N2OS/c1-8-5(9)2-6(7)3-10-4-6/h2-4,7H2,1H3,(H,8,9). The maximum absolute atomic E-state index is 10.8. The molecule has 0 radical (unpaired) electrons. The molecule has 0 unspecified atom stereocenters. The molecule has 1 saturated heterocycles. The Hall–Kier alpha value is -0.220. The highest BCUT2D eigenvalue weighted by molar-refractivity contribution is 8.00. The highest BCUT2D eigenvalue weighted by Crippen LogP contribution is 2.29. The van der Waals surface area contributed by atoms with Crippen LogP contribution in [0, 0.1) is 0 Å². The fraction of sp³-hybridized carbons (Fsp3) is 0.833. The summed E-state index contributed by atoms with van der Waals surface area (Å²) in [6.45, 7) is 0. The maximum Gasteiger partial charge on any atom is 0.221 e. The first kappa shape index (κ1) is 7.88. The van der Waals surface area contributed by atoms with Gasteiger partial charge in [-0.25, -0.2) is 0 Å². The van der Waals surface area contributed by atoms with Crippen LogP contribution >= 0.6 is 11.8 Å². The number of nitrogens with two attached hydrogens (primary N) is 1. The summed E-state index contributed by atoms with van der Waals surface area (Å²) < 4.78 is 0. The highest BCUT2D eigenvalue weighted by Gasteiger charge is 2.35. The van der Waals surface area contributed by atoms with Gasteiger partial charge in [0.1, 0.15) is 0 Å². The summed E-state index contributed by atoms with van der Waals surface area (Å²) >= 11 is 1.79. The zero-order valence-corrected chi connectivity index (χ0v) is 6.83. The van der Waals surface area contributed by atoms with Gasteiger partial charge in [-0.2, -0.15) is 11.8 Å². The van der Waals surface area contributed by atoms with E-state index in [0.29, 0.717) is 6.42 Å². The van der Waals surface area contributed by atoms with Gasteiger partial charge in [-0.05, 0) is 0 Å². The van der Waals surface area contributed by atoms with Crippen LogP contribution in [0.4, 0.5) is 0 Å². The van der Waals surface area contributed by atoms with Crippen LogP contribution in [0.5, 0.6) is 0 Å². The number of carbonyl (C=O) groups excluding carboxylic acids is 1. The summed E-state index contributed by atoms with van der Waals surface area (Å²) in [5.41, 5.74) is 5.59. The molecule has 58 valence electrons. The molecule has 4 heteroatoms. The molecule has 0 aliphatic carbocycles. The van der Waals surface area contributed by atoms with Crippen molar-refractivity contribution in [1.82, 2.24) is 5.32 Å². The molecule has 0 aromatic carbocycles. The monoisotopic (exact) mass is 160 g/mol. The predicted molar refractivity (Wildman–Crippen MR) is 42.9 cm³/mol. The van der Waals surface area contributed by atoms with Crippen molar-refractivity contribution < 1.29 is 4.79 Å². The molecular weight excluding hydrogens is 148 g/mol. The van der Waals surface area contributed by atoms with E-state index in [2.05, 4.69) is 5.32 Å². The van der Waals surface area contributed by atoms with E-state index in [0.717, 1.165) is 11.5 Å². The van der Waals surface area contributed by atoms with Crippen molar-refractivity contribution in [2.75, 3.05) is 18.6 Å². The first-order chi connectivity index (χ1) is 4.66. The number of thioether (sulfide) groups is 1. The van der Waals surface area contributed by atoms with Gasteiger partial charge >= 0.3 is 0 Å². The molecule has 0 spiro atoms. The van der Waals surface area contributed by atoms with E-state index >= 15 is 0 Å². The summed E-state index contributed by atoms with van der Waals surface area (Å²) in [7, 11) is 1.64. The van der Waals surface area contributed by atoms with Crippen molar-refractivity contribution in [2.45, 2.75) is 12.0 Å². The Bertz CT molecular complexity index is 145. The number of amides is 1. The molecule has 0 bridgehead atoms. The molecular formula is C6H12N2OS. The zero-order valence-electron chi connectivity index (χ0n) is 6.02. The first-order valence-corrected chi connectivity index (χ1v) is 4.39. The molecule has 0 aromatic heterocycles. The third-order valence-corrected chi connectivity index (χ3v) is 3.13. The van der Waals surface area contributed by atoms with Crippen LogP contribution in [0.3, 0.4) is 0 Å². The van der Waals surface area contributed by atoms with E-state index < -0.39 is 0 Å². The number of hydrogen-bond donors (Lipinski definition) is 2. The summed E-state index contributed by atoms with van der Waals surface area (Å²) in [6, 6.07) is 0. The Morgan fingerprint density at radius 1 is 1.80 bits per heavy atom. The summed E-state index contributed by atoms with van der Waals surface area (Å²) in [6.07, 6.45) is 0.469. The minimum absolute atomic E-state index is 0.0443. The lowest BCUT2D eigenvalue weighted by Crippen LogP contribution is -2.54. The third kappa shape index (κ3) is 1.64.